The van der Waals surface area contributed by atoms with Crippen LogP contribution in [0.25, 0.3) is 0 Å². The summed E-state index contributed by atoms with van der Waals surface area (Å²) in [6.45, 7) is 4.01. The van der Waals surface area contributed by atoms with E-state index in [1.807, 2.05) is 19.9 Å². The number of aliphatic hydroxyl groups is 1. The van der Waals surface area contributed by atoms with Crippen molar-refractivity contribution in [2.45, 2.75) is 20.0 Å². The van der Waals surface area contributed by atoms with Crippen LogP contribution in [-0.4, -0.2) is 5.11 Å². The minimum atomic E-state index is -0.349. The van der Waals surface area contributed by atoms with E-state index >= 15 is 0 Å². The maximum atomic E-state index is 9.70. The van der Waals surface area contributed by atoms with Gasteiger partial charge in [0.05, 0.1) is 9.89 Å². The highest BCUT2D eigenvalue weighted by Crippen LogP contribution is 2.37. The van der Waals surface area contributed by atoms with Crippen LogP contribution in [0.1, 0.15) is 24.8 Å². The van der Waals surface area contributed by atoms with E-state index in [4.69, 9.17) is 0 Å². The van der Waals surface area contributed by atoms with Crippen molar-refractivity contribution in [3.63, 3.8) is 0 Å². The van der Waals surface area contributed by atoms with Gasteiger partial charge in [0, 0.05) is 9.35 Å². The Morgan fingerprint density at radius 1 is 1.42 bits per heavy atom. The van der Waals surface area contributed by atoms with E-state index in [-0.39, 0.29) is 12.0 Å². The first-order valence-electron chi connectivity index (χ1n) is 3.65. The summed E-state index contributed by atoms with van der Waals surface area (Å²) in [4.78, 5) is 1.00. The lowest BCUT2D eigenvalue weighted by Crippen LogP contribution is -2.02. The zero-order valence-corrected chi connectivity index (χ0v) is 10.8. The summed E-state index contributed by atoms with van der Waals surface area (Å²) >= 11 is 8.35. The average molecular weight is 314 g/mol. The van der Waals surface area contributed by atoms with Crippen LogP contribution >= 0.6 is 43.2 Å². The van der Waals surface area contributed by atoms with Crippen LogP contribution in [-0.2, 0) is 0 Å². The molecule has 1 atom stereocenters. The fourth-order valence-electron chi connectivity index (χ4n) is 0.838. The molecule has 0 bridgehead atoms. The third-order valence-electron chi connectivity index (χ3n) is 1.59. The normalized spacial score (nSPS) is 13.8. The third kappa shape index (κ3) is 2.31. The van der Waals surface area contributed by atoms with Gasteiger partial charge in [-0.3, -0.25) is 0 Å². The fraction of sp³-hybridized carbons (Fsp3) is 0.500. The standard InChI is InChI=1S/C8H10Br2OS/c1-4(2)7(11)6-3-5(9)8(10)12-6/h3-4,7,11H,1-2H3. The smallest absolute Gasteiger partial charge is 0.0905 e. The quantitative estimate of drug-likeness (QED) is 0.876. The second kappa shape index (κ2) is 4.22. The number of hydrogen-bond acceptors (Lipinski definition) is 2. The molecule has 0 radical (unpaired) electrons. The first kappa shape index (κ1) is 10.7. The molecule has 68 valence electrons. The van der Waals surface area contributed by atoms with Crippen molar-refractivity contribution in [2.75, 3.05) is 0 Å². The number of aliphatic hydroxyl groups excluding tert-OH is 1. The van der Waals surface area contributed by atoms with Crippen molar-refractivity contribution in [1.29, 1.82) is 0 Å². The van der Waals surface area contributed by atoms with Crippen LogP contribution in [0.3, 0.4) is 0 Å². The van der Waals surface area contributed by atoms with Crippen molar-refractivity contribution in [3.05, 3.63) is 19.2 Å². The highest BCUT2D eigenvalue weighted by Gasteiger charge is 2.15. The van der Waals surface area contributed by atoms with Crippen molar-refractivity contribution < 1.29 is 5.11 Å². The van der Waals surface area contributed by atoms with E-state index in [1.54, 1.807) is 11.3 Å². The summed E-state index contributed by atoms with van der Waals surface area (Å²) in [5.41, 5.74) is 0. The van der Waals surface area contributed by atoms with Crippen molar-refractivity contribution in [2.24, 2.45) is 5.92 Å². The van der Waals surface area contributed by atoms with Gasteiger partial charge in [-0.2, -0.15) is 0 Å². The number of rotatable bonds is 2. The average Bonchev–Trinajstić information content (AvgIpc) is 2.30. The molecular weight excluding hydrogens is 304 g/mol. The Labute approximate surface area is 93.1 Å². The Hall–Kier alpha value is 0.620. The lowest BCUT2D eigenvalue weighted by Gasteiger charge is -2.11. The van der Waals surface area contributed by atoms with Crippen LogP contribution in [0.15, 0.2) is 14.3 Å². The van der Waals surface area contributed by atoms with Crippen LogP contribution < -0.4 is 0 Å². The van der Waals surface area contributed by atoms with Gasteiger partial charge in [0.2, 0.25) is 0 Å². The number of hydrogen-bond donors (Lipinski definition) is 1. The molecule has 0 aliphatic carbocycles. The molecule has 4 heteroatoms. The molecule has 1 heterocycles. The molecule has 0 amide bonds. The van der Waals surface area contributed by atoms with Gasteiger partial charge in [0.1, 0.15) is 0 Å². The summed E-state index contributed by atoms with van der Waals surface area (Å²) in [7, 11) is 0. The van der Waals surface area contributed by atoms with Crippen LogP contribution in [0, 0.1) is 5.92 Å². The van der Waals surface area contributed by atoms with Gasteiger partial charge >= 0.3 is 0 Å². The van der Waals surface area contributed by atoms with E-state index < -0.39 is 0 Å². The lowest BCUT2D eigenvalue weighted by molar-refractivity contribution is 0.130. The van der Waals surface area contributed by atoms with Crippen LogP contribution in [0.2, 0.25) is 0 Å². The predicted octanol–water partition coefficient (Wildman–Crippen LogP) is 3.96. The topological polar surface area (TPSA) is 20.2 Å². The molecule has 0 saturated carbocycles. The summed E-state index contributed by atoms with van der Waals surface area (Å²) in [5, 5.41) is 9.70. The SMILES string of the molecule is CC(C)C(O)c1cc(Br)c(Br)s1. The number of thiophene rings is 1. The van der Waals surface area contributed by atoms with Crippen molar-refractivity contribution in [1.82, 2.24) is 0 Å². The molecule has 0 aliphatic rings. The van der Waals surface area contributed by atoms with Gasteiger partial charge in [-0.25, -0.2) is 0 Å². The largest absolute Gasteiger partial charge is 0.387 e. The summed E-state index contributed by atoms with van der Waals surface area (Å²) in [5.74, 6) is 0.266. The van der Waals surface area contributed by atoms with Gasteiger partial charge in [-0.15, -0.1) is 11.3 Å². The Morgan fingerprint density at radius 3 is 2.33 bits per heavy atom. The van der Waals surface area contributed by atoms with Gasteiger partial charge in [-0.05, 0) is 43.8 Å². The Balaban J connectivity index is 2.89. The van der Waals surface area contributed by atoms with Gasteiger partial charge in [-0.1, -0.05) is 13.8 Å². The van der Waals surface area contributed by atoms with E-state index in [9.17, 15) is 5.11 Å². The van der Waals surface area contributed by atoms with E-state index in [0.29, 0.717) is 0 Å². The molecule has 0 aliphatic heterocycles. The summed E-state index contributed by atoms with van der Waals surface area (Å²) in [6, 6.07) is 1.96. The van der Waals surface area contributed by atoms with Gasteiger partial charge in [0.25, 0.3) is 0 Å². The number of halogens is 2. The minimum absolute atomic E-state index is 0.266. The monoisotopic (exact) mass is 312 g/mol. The van der Waals surface area contributed by atoms with Crippen LogP contribution in [0.5, 0.6) is 0 Å². The minimum Gasteiger partial charge on any atom is -0.387 e. The molecule has 1 unspecified atom stereocenters. The molecule has 12 heavy (non-hydrogen) atoms. The highest BCUT2D eigenvalue weighted by molar-refractivity contribution is 9.13. The summed E-state index contributed by atoms with van der Waals surface area (Å²) in [6.07, 6.45) is -0.349. The van der Waals surface area contributed by atoms with Gasteiger partial charge in [0.15, 0.2) is 0 Å². The van der Waals surface area contributed by atoms with Crippen LogP contribution in [0.4, 0.5) is 0 Å². The molecular formula is C8H10Br2OS. The molecule has 1 N–H and O–H groups in total. The molecule has 0 spiro atoms. The molecule has 1 aromatic rings. The predicted molar refractivity (Wildman–Crippen MR) is 59.5 cm³/mol. The summed E-state index contributed by atoms with van der Waals surface area (Å²) < 4.78 is 2.06. The van der Waals surface area contributed by atoms with E-state index in [1.165, 1.54) is 0 Å². The molecule has 0 saturated heterocycles. The Kier molecular flexibility index (Phi) is 3.76. The van der Waals surface area contributed by atoms with Gasteiger partial charge < -0.3 is 5.11 Å². The zero-order valence-electron chi connectivity index (χ0n) is 6.84. The zero-order chi connectivity index (χ0) is 9.30. The lowest BCUT2D eigenvalue weighted by atomic mass is 10.1. The molecule has 1 nitrogen and oxygen atoms in total. The van der Waals surface area contributed by atoms with Crippen molar-refractivity contribution >= 4 is 43.2 Å². The second-order valence-electron chi connectivity index (χ2n) is 2.96. The van der Waals surface area contributed by atoms with E-state index in [2.05, 4.69) is 31.9 Å². The molecule has 0 fully saturated rings. The first-order chi connectivity index (χ1) is 5.52. The highest BCUT2D eigenvalue weighted by atomic mass is 79.9. The van der Waals surface area contributed by atoms with Crippen molar-refractivity contribution in [3.8, 4) is 0 Å². The molecule has 0 aromatic carbocycles. The Morgan fingerprint density at radius 2 is 2.00 bits per heavy atom. The first-order valence-corrected chi connectivity index (χ1v) is 6.05. The maximum Gasteiger partial charge on any atom is 0.0905 e. The maximum absolute atomic E-state index is 9.70. The molecule has 1 rings (SSSR count). The Bertz CT molecular complexity index is 251. The van der Waals surface area contributed by atoms with E-state index in [0.717, 1.165) is 13.1 Å². The molecule has 1 aromatic heterocycles. The fourth-order valence-corrected chi connectivity index (χ4v) is 3.09. The third-order valence-corrected chi connectivity index (χ3v) is 4.91. The second-order valence-corrected chi connectivity index (χ2v) is 6.22.